The summed E-state index contributed by atoms with van der Waals surface area (Å²) >= 11 is 0. The first-order valence-electron chi connectivity index (χ1n) is 2.34. The molecule has 57 valence electrons. The molecule has 0 saturated carbocycles. The Hall–Kier alpha value is 0.472. The minimum absolute atomic E-state index is 0. The third-order valence-corrected chi connectivity index (χ3v) is 1.02. The monoisotopic (exact) mass is 396 g/mol. The second kappa shape index (κ2) is 6.04. The summed E-state index contributed by atoms with van der Waals surface area (Å²) in [6.45, 7) is 0. The average Bonchev–Trinajstić information content (AvgIpc) is 2.15. The standard InChI is InChI=1S/C5H5N3O.W.Y/c1-8-5(6)4(3-9)2-7-8;;/h6H2,1H3;;/q-2;;. The zero-order valence-electron chi connectivity index (χ0n) is 5.87. The van der Waals surface area contributed by atoms with Crippen LogP contribution in [0.1, 0.15) is 5.56 Å². The molecule has 2 N–H and O–H groups in total. The Balaban J connectivity index is 0. The Kier molecular flexibility index (Phi) is 7.70. The van der Waals surface area contributed by atoms with E-state index in [0.29, 0.717) is 5.82 Å². The van der Waals surface area contributed by atoms with Crippen molar-refractivity contribution in [2.24, 2.45) is 7.05 Å². The summed E-state index contributed by atoms with van der Waals surface area (Å²) < 4.78 is 1.36. The maximum atomic E-state index is 9.95. The Morgan fingerprint density at radius 2 is 2.27 bits per heavy atom. The van der Waals surface area contributed by atoms with E-state index in [4.69, 9.17) is 5.73 Å². The molecule has 0 saturated heterocycles. The minimum atomic E-state index is 0. The number of anilines is 1. The van der Waals surface area contributed by atoms with Gasteiger partial charge < -0.3 is 20.3 Å². The van der Waals surface area contributed by atoms with Crippen molar-refractivity contribution in [1.82, 2.24) is 9.78 Å². The number of aromatic nitrogens is 2. The molecule has 0 bridgehead atoms. The van der Waals surface area contributed by atoms with E-state index in [1.165, 1.54) is 4.68 Å². The molecule has 6 heteroatoms. The van der Waals surface area contributed by atoms with Gasteiger partial charge in [0.1, 0.15) is 0 Å². The number of nitrogens with two attached hydrogens (primary N) is 1. The van der Waals surface area contributed by atoms with E-state index in [1.807, 2.05) is 0 Å². The SMILES string of the molecule is Cn1n[c-]c([C-]=O)c1N.[W].[Y]. The molecule has 1 aromatic rings. The summed E-state index contributed by atoms with van der Waals surface area (Å²) in [4.78, 5) is 9.95. The van der Waals surface area contributed by atoms with Crippen LogP contribution in [0.15, 0.2) is 0 Å². The third-order valence-electron chi connectivity index (χ3n) is 1.02. The van der Waals surface area contributed by atoms with Gasteiger partial charge in [-0.3, -0.25) is 5.56 Å². The smallest absolute Gasteiger partial charge is 0.00441 e. The largest absolute Gasteiger partial charge is 0.488 e. The van der Waals surface area contributed by atoms with Gasteiger partial charge in [0.05, 0.1) is 0 Å². The van der Waals surface area contributed by atoms with Crippen molar-refractivity contribution in [3.63, 3.8) is 0 Å². The Labute approximate surface area is 104 Å². The number of rotatable bonds is 1. The van der Waals surface area contributed by atoms with E-state index in [0.717, 1.165) is 0 Å². The van der Waals surface area contributed by atoms with Crippen LogP contribution in [0.4, 0.5) is 5.82 Å². The first-order valence-corrected chi connectivity index (χ1v) is 2.34. The van der Waals surface area contributed by atoms with Gasteiger partial charge in [-0.2, -0.15) is 0 Å². The van der Waals surface area contributed by atoms with E-state index in [-0.39, 0.29) is 59.3 Å². The Morgan fingerprint density at radius 3 is 2.45 bits per heavy atom. The zero-order chi connectivity index (χ0) is 6.85. The fraction of sp³-hybridized carbons (Fsp3) is 0.200. The van der Waals surface area contributed by atoms with E-state index >= 15 is 0 Å². The molecule has 0 fully saturated rings. The quantitative estimate of drug-likeness (QED) is 0.637. The predicted molar refractivity (Wildman–Crippen MR) is 31.3 cm³/mol. The molecule has 1 rings (SSSR count). The maximum absolute atomic E-state index is 9.95. The summed E-state index contributed by atoms with van der Waals surface area (Å²) in [5, 5.41) is 3.59. The maximum Gasteiger partial charge on any atom is 0.00441 e. The van der Waals surface area contributed by atoms with Crippen LogP contribution in [0.25, 0.3) is 0 Å². The van der Waals surface area contributed by atoms with E-state index in [9.17, 15) is 4.79 Å². The van der Waals surface area contributed by atoms with Crippen LogP contribution >= 0.6 is 0 Å². The first kappa shape index (κ1) is 14.0. The summed E-state index contributed by atoms with van der Waals surface area (Å²) in [5.74, 6) is 0.296. The number of nitrogen functional groups attached to an aromatic ring is 1. The van der Waals surface area contributed by atoms with Gasteiger partial charge in [0.15, 0.2) is 0 Å². The molecule has 0 aliphatic carbocycles. The Morgan fingerprint density at radius 1 is 1.73 bits per heavy atom. The number of hydrogen-bond acceptors (Lipinski definition) is 3. The molecular formula is C5H5N3OWY-2. The fourth-order valence-electron chi connectivity index (χ4n) is 0.473. The van der Waals surface area contributed by atoms with Gasteiger partial charge in [0.2, 0.25) is 0 Å². The van der Waals surface area contributed by atoms with Crippen LogP contribution < -0.4 is 5.73 Å². The molecule has 0 unspecified atom stereocenters. The van der Waals surface area contributed by atoms with Gasteiger partial charge >= 0.3 is 0 Å². The second-order valence-electron chi connectivity index (χ2n) is 1.60. The van der Waals surface area contributed by atoms with Gasteiger partial charge in [-0.1, -0.05) is 0 Å². The molecule has 0 aromatic carbocycles. The van der Waals surface area contributed by atoms with Gasteiger partial charge in [0.25, 0.3) is 0 Å². The van der Waals surface area contributed by atoms with Gasteiger partial charge in [-0.25, -0.2) is 6.20 Å². The molecule has 1 heterocycles. The number of hydrogen-bond donors (Lipinski definition) is 1. The van der Waals surface area contributed by atoms with Gasteiger partial charge in [-0.05, 0) is 0 Å². The molecule has 0 atom stereocenters. The molecule has 1 radical (unpaired) electrons. The molecule has 0 aliphatic rings. The van der Waals surface area contributed by atoms with E-state index in [1.54, 1.807) is 13.3 Å². The fourth-order valence-corrected chi connectivity index (χ4v) is 0.473. The summed E-state index contributed by atoms with van der Waals surface area (Å²) in [5.41, 5.74) is 5.51. The molecule has 0 amide bonds. The van der Waals surface area contributed by atoms with Crippen LogP contribution in [0.2, 0.25) is 0 Å². The predicted octanol–water partition coefficient (Wildman–Crippen LogP) is -0.745. The first-order chi connectivity index (χ1) is 4.25. The topological polar surface area (TPSA) is 60.9 Å². The second-order valence-corrected chi connectivity index (χ2v) is 1.60. The van der Waals surface area contributed by atoms with E-state index in [2.05, 4.69) is 11.3 Å². The third kappa shape index (κ3) is 3.14. The number of carbonyl (C=O) groups excluding carboxylic acids is 1. The summed E-state index contributed by atoms with van der Waals surface area (Å²) in [7, 11) is 1.63. The molecule has 0 aliphatic heterocycles. The van der Waals surface area contributed by atoms with Crippen molar-refractivity contribution >= 4 is 12.1 Å². The molecule has 0 spiro atoms. The van der Waals surface area contributed by atoms with Crippen LogP contribution in [-0.4, -0.2) is 16.1 Å². The van der Waals surface area contributed by atoms with E-state index < -0.39 is 0 Å². The van der Waals surface area contributed by atoms with Gasteiger partial charge in [-0.15, -0.1) is 12.1 Å². The molecule has 4 nitrogen and oxygen atoms in total. The van der Waals surface area contributed by atoms with Crippen molar-refractivity contribution < 1.29 is 58.6 Å². The van der Waals surface area contributed by atoms with Crippen LogP contribution in [-0.2, 0) is 65.6 Å². The minimum Gasteiger partial charge on any atom is -0.488 e. The van der Waals surface area contributed by atoms with Gasteiger partial charge in [0, 0.05) is 60.8 Å². The summed E-state index contributed by atoms with van der Waals surface area (Å²) in [6, 6.07) is 0. The van der Waals surface area contributed by atoms with Crippen LogP contribution in [0.5, 0.6) is 0 Å². The molecular weight excluding hydrogens is 391 g/mol. The summed E-state index contributed by atoms with van der Waals surface area (Å²) in [6.07, 6.45) is 3.99. The van der Waals surface area contributed by atoms with Crippen molar-refractivity contribution in [3.05, 3.63) is 11.8 Å². The Bertz CT molecular complexity index is 238. The normalized spacial score (nSPS) is 7.73. The van der Waals surface area contributed by atoms with Crippen LogP contribution in [0, 0.1) is 6.20 Å². The molecule has 11 heavy (non-hydrogen) atoms. The number of aryl methyl sites for hydroxylation is 1. The van der Waals surface area contributed by atoms with Crippen molar-refractivity contribution in [1.29, 1.82) is 0 Å². The average molecular weight is 396 g/mol. The van der Waals surface area contributed by atoms with Crippen molar-refractivity contribution in [3.8, 4) is 0 Å². The van der Waals surface area contributed by atoms with Crippen LogP contribution in [0.3, 0.4) is 0 Å². The zero-order valence-corrected chi connectivity index (χ0v) is 11.6. The van der Waals surface area contributed by atoms with Crippen molar-refractivity contribution in [2.45, 2.75) is 0 Å². The molecule has 1 aromatic heterocycles. The van der Waals surface area contributed by atoms with Crippen molar-refractivity contribution in [2.75, 3.05) is 5.73 Å². The number of nitrogens with zero attached hydrogens (tertiary/aromatic N) is 2.